The number of aliphatic carboxylic acids is 3. The lowest BCUT2D eigenvalue weighted by atomic mass is 9.92. The summed E-state index contributed by atoms with van der Waals surface area (Å²) in [5.74, 6) is -4.08. The SMILES string of the molecule is CC(C)(C)OC(=O)N1C(CC(=O)O)CCCC1CC(=O)O.CCOC(=O)CC1CCCC(CC(=O)O)N1C(=O)OC(C)(C)C.CCOC(=O)CC1CCCC(CC(=O)OCC)N1C(=O)OC(C)(C)C. The molecule has 3 fully saturated rings. The standard InChI is InChI=1S/C18H31NO6.C16H27NO6.C14H23NO6/c1-6-23-15(20)11-13-9-8-10-14(12-16(21)24-7-2)19(13)17(22)25-18(3,4)5;1-5-22-14(20)10-12-8-6-7-11(9-13(18)19)17(12)15(21)23-16(2,3)4;1-14(2,3)21-13(20)15-9(7-11(16)17)5-4-6-10(15)8-12(18)19/h13-14H,6-12H2,1-5H3;11-12H,5-10H2,1-4H3,(H,18,19);9-10H,4-8H2,1-3H3,(H,16,17)(H,18,19). The van der Waals surface area contributed by atoms with Crippen molar-refractivity contribution in [3.63, 3.8) is 0 Å². The van der Waals surface area contributed by atoms with Crippen molar-refractivity contribution >= 4 is 54.1 Å². The molecule has 0 bridgehead atoms. The second-order valence-corrected chi connectivity index (χ2v) is 20.2. The van der Waals surface area contributed by atoms with E-state index in [0.717, 1.165) is 12.8 Å². The van der Waals surface area contributed by atoms with Crippen molar-refractivity contribution in [2.45, 2.75) is 232 Å². The molecule has 0 radical (unpaired) electrons. The van der Waals surface area contributed by atoms with Crippen LogP contribution in [-0.2, 0) is 57.2 Å². The lowest BCUT2D eigenvalue weighted by Crippen LogP contribution is -2.53. The summed E-state index contributed by atoms with van der Waals surface area (Å²) in [6.07, 6.45) is 3.96. The summed E-state index contributed by atoms with van der Waals surface area (Å²) in [5, 5.41) is 27.0. The molecule has 3 heterocycles. The smallest absolute Gasteiger partial charge is 0.410 e. The van der Waals surface area contributed by atoms with Crippen LogP contribution in [0.3, 0.4) is 0 Å². The van der Waals surface area contributed by atoms with E-state index in [9.17, 15) is 43.2 Å². The molecule has 3 rings (SSSR count). The first-order chi connectivity index (χ1) is 31.9. The lowest BCUT2D eigenvalue weighted by molar-refractivity contribution is -0.147. The van der Waals surface area contributed by atoms with Gasteiger partial charge in [0.15, 0.2) is 0 Å². The van der Waals surface area contributed by atoms with Crippen LogP contribution in [0.2, 0.25) is 0 Å². The molecule has 3 amide bonds. The van der Waals surface area contributed by atoms with Crippen LogP contribution in [-0.4, -0.2) is 157 Å². The van der Waals surface area contributed by atoms with Crippen LogP contribution >= 0.6 is 0 Å². The monoisotopic (exact) mass is 988 g/mol. The third-order valence-electron chi connectivity index (χ3n) is 10.8. The summed E-state index contributed by atoms with van der Waals surface area (Å²) in [5.41, 5.74) is -2.05. The van der Waals surface area contributed by atoms with Gasteiger partial charge in [-0.1, -0.05) is 0 Å². The van der Waals surface area contributed by atoms with Gasteiger partial charge in [0.1, 0.15) is 16.8 Å². The Labute approximate surface area is 407 Å². The maximum atomic E-state index is 12.7. The highest BCUT2D eigenvalue weighted by molar-refractivity contribution is 5.77. The Balaban J connectivity index is 0.000000519. The van der Waals surface area contributed by atoms with Gasteiger partial charge >= 0.3 is 54.1 Å². The topological polar surface area (TPSA) is 279 Å². The minimum absolute atomic E-state index is 0.0587. The second-order valence-electron chi connectivity index (χ2n) is 20.2. The van der Waals surface area contributed by atoms with Gasteiger partial charge in [0, 0.05) is 36.3 Å². The van der Waals surface area contributed by atoms with E-state index in [1.807, 2.05) is 0 Å². The Kier molecular flexibility index (Phi) is 25.9. The van der Waals surface area contributed by atoms with Crippen LogP contribution in [0.4, 0.5) is 14.4 Å². The lowest BCUT2D eigenvalue weighted by Gasteiger charge is -2.41. The van der Waals surface area contributed by atoms with Gasteiger partial charge in [0.05, 0.1) is 58.3 Å². The molecule has 3 aliphatic heterocycles. The summed E-state index contributed by atoms with van der Waals surface area (Å²) >= 11 is 0. The van der Waals surface area contributed by atoms with Crippen molar-refractivity contribution in [1.82, 2.24) is 14.7 Å². The molecule has 6 unspecified atom stereocenters. The average Bonchev–Trinajstić information content (AvgIpc) is 3.16. The number of hydrogen-bond donors (Lipinski definition) is 3. The number of amides is 3. The van der Waals surface area contributed by atoms with Crippen molar-refractivity contribution in [3.8, 4) is 0 Å². The van der Waals surface area contributed by atoms with Gasteiger partial charge in [-0.3, -0.25) is 28.8 Å². The van der Waals surface area contributed by atoms with Crippen LogP contribution in [0.15, 0.2) is 0 Å². The first-order valence-electron chi connectivity index (χ1n) is 24.1. The molecule has 0 aliphatic carbocycles. The van der Waals surface area contributed by atoms with Gasteiger partial charge in [-0.2, -0.15) is 0 Å². The Morgan fingerprint density at radius 2 is 0.565 bits per heavy atom. The van der Waals surface area contributed by atoms with Crippen LogP contribution < -0.4 is 0 Å². The molecule has 0 spiro atoms. The van der Waals surface area contributed by atoms with Gasteiger partial charge in [-0.05, 0) is 141 Å². The zero-order valence-corrected chi connectivity index (χ0v) is 43.0. The van der Waals surface area contributed by atoms with Gasteiger partial charge < -0.3 is 58.4 Å². The predicted molar refractivity (Wildman–Crippen MR) is 249 cm³/mol. The van der Waals surface area contributed by atoms with E-state index >= 15 is 0 Å². The third-order valence-corrected chi connectivity index (χ3v) is 10.8. The Morgan fingerprint density at radius 3 is 0.725 bits per heavy atom. The number of carbonyl (C=O) groups is 9. The molecule has 69 heavy (non-hydrogen) atoms. The number of nitrogens with zero attached hydrogens (tertiary/aromatic N) is 3. The Bertz CT molecular complexity index is 1660. The van der Waals surface area contributed by atoms with Gasteiger partial charge in [0.25, 0.3) is 0 Å². The third kappa shape index (κ3) is 24.7. The largest absolute Gasteiger partial charge is 0.481 e. The van der Waals surface area contributed by atoms with E-state index in [1.54, 1.807) is 88.0 Å². The van der Waals surface area contributed by atoms with E-state index in [4.69, 9.17) is 43.7 Å². The van der Waals surface area contributed by atoms with Crippen LogP contribution in [0.25, 0.3) is 0 Å². The fourth-order valence-corrected chi connectivity index (χ4v) is 8.38. The Hall–Kier alpha value is -5.37. The highest BCUT2D eigenvalue weighted by atomic mass is 16.6. The van der Waals surface area contributed by atoms with E-state index in [1.165, 1.54) is 9.80 Å². The molecule has 0 saturated carbocycles. The predicted octanol–water partition coefficient (Wildman–Crippen LogP) is 7.72. The normalized spacial score (nSPS) is 21.7. The molecule has 0 aromatic carbocycles. The van der Waals surface area contributed by atoms with Crippen LogP contribution in [0.1, 0.15) is 179 Å². The molecule has 0 aromatic rings. The fraction of sp³-hybridized carbons (Fsp3) is 0.812. The summed E-state index contributed by atoms with van der Waals surface area (Å²) < 4.78 is 31.2. The number of rotatable bonds is 15. The van der Waals surface area contributed by atoms with Crippen LogP contribution in [0.5, 0.6) is 0 Å². The van der Waals surface area contributed by atoms with Crippen molar-refractivity contribution in [2.24, 2.45) is 0 Å². The number of ether oxygens (including phenoxy) is 6. The number of likely N-dealkylation sites (tertiary alicyclic amines) is 3. The number of esters is 3. The minimum atomic E-state index is -1.01. The van der Waals surface area contributed by atoms with Gasteiger partial charge in [-0.15, -0.1) is 0 Å². The number of carboxylic acids is 3. The maximum absolute atomic E-state index is 12.7. The van der Waals surface area contributed by atoms with E-state index in [0.29, 0.717) is 58.2 Å². The molecule has 3 aliphatic rings. The Morgan fingerprint density at radius 1 is 0.377 bits per heavy atom. The first-order valence-corrected chi connectivity index (χ1v) is 24.1. The van der Waals surface area contributed by atoms with Crippen molar-refractivity contribution in [1.29, 1.82) is 0 Å². The highest BCUT2D eigenvalue weighted by Crippen LogP contribution is 2.32. The maximum Gasteiger partial charge on any atom is 0.410 e. The molecule has 21 nitrogen and oxygen atoms in total. The number of hydrogen-bond acceptors (Lipinski definition) is 15. The van der Waals surface area contributed by atoms with Crippen molar-refractivity contribution in [3.05, 3.63) is 0 Å². The zero-order valence-electron chi connectivity index (χ0n) is 43.0. The van der Waals surface area contributed by atoms with E-state index in [-0.39, 0.29) is 81.2 Å². The van der Waals surface area contributed by atoms with Gasteiger partial charge in [0.2, 0.25) is 0 Å². The van der Waals surface area contributed by atoms with E-state index in [2.05, 4.69) is 0 Å². The molecule has 0 aromatic heterocycles. The number of carbonyl (C=O) groups excluding carboxylic acids is 6. The molecule has 396 valence electrons. The molecular formula is C48H81N3O18. The van der Waals surface area contributed by atoms with Crippen molar-refractivity contribution < 1.29 is 86.9 Å². The summed E-state index contributed by atoms with van der Waals surface area (Å²) in [6, 6.07) is -2.55. The fourth-order valence-electron chi connectivity index (χ4n) is 8.38. The van der Waals surface area contributed by atoms with Gasteiger partial charge in [-0.25, -0.2) is 14.4 Å². The molecule has 3 N–H and O–H groups in total. The van der Waals surface area contributed by atoms with Crippen LogP contribution in [0, 0.1) is 0 Å². The highest BCUT2D eigenvalue weighted by Gasteiger charge is 2.42. The quantitative estimate of drug-likeness (QED) is 0.105. The molecule has 21 heteroatoms. The summed E-state index contributed by atoms with van der Waals surface area (Å²) in [4.78, 5) is 110. The van der Waals surface area contributed by atoms with Crippen molar-refractivity contribution in [2.75, 3.05) is 19.8 Å². The summed E-state index contributed by atoms with van der Waals surface area (Å²) in [6.45, 7) is 21.8. The summed E-state index contributed by atoms with van der Waals surface area (Å²) in [7, 11) is 0. The zero-order chi connectivity index (χ0) is 52.9. The minimum Gasteiger partial charge on any atom is -0.481 e. The molecular weight excluding hydrogens is 907 g/mol. The first kappa shape index (κ1) is 61.6. The molecule has 3 saturated heterocycles. The average molecular weight is 988 g/mol. The number of carboxylic acid groups (broad SMARTS) is 3. The second kappa shape index (κ2) is 29.0. The molecule has 6 atom stereocenters. The van der Waals surface area contributed by atoms with E-state index < -0.39 is 71.1 Å². The number of piperidine rings is 3.